The Labute approximate surface area is 148 Å². The molecule has 0 aliphatic carbocycles. The van der Waals surface area contributed by atoms with Gasteiger partial charge >= 0.3 is 5.97 Å². The summed E-state index contributed by atoms with van der Waals surface area (Å²) in [6, 6.07) is 11.8. The fourth-order valence-electron chi connectivity index (χ4n) is 2.28. The predicted molar refractivity (Wildman–Crippen MR) is 95.0 cm³/mol. The molecule has 0 saturated heterocycles. The van der Waals surface area contributed by atoms with Gasteiger partial charge in [0.25, 0.3) is 0 Å². The van der Waals surface area contributed by atoms with Gasteiger partial charge in [-0.05, 0) is 48.6 Å². The summed E-state index contributed by atoms with van der Waals surface area (Å²) in [6.45, 7) is 3.23. The van der Waals surface area contributed by atoms with Crippen LogP contribution in [-0.2, 0) is 4.74 Å². The van der Waals surface area contributed by atoms with E-state index < -0.39 is 5.97 Å². The summed E-state index contributed by atoms with van der Waals surface area (Å²) in [6.07, 6.45) is 0. The number of esters is 1. The van der Waals surface area contributed by atoms with Gasteiger partial charge in [0.15, 0.2) is 11.6 Å². The topological polar surface area (TPSA) is 60.4 Å². The fraction of sp³-hybridized carbons (Fsp3) is 0.167. The zero-order valence-corrected chi connectivity index (χ0v) is 14.9. The molecule has 0 bridgehead atoms. The zero-order chi connectivity index (χ0) is 17.0. The molecule has 0 heterocycles. The van der Waals surface area contributed by atoms with Gasteiger partial charge in [-0.2, -0.15) is 0 Å². The molecule has 2 aromatic carbocycles. The van der Waals surface area contributed by atoms with Crippen LogP contribution in [0.25, 0.3) is 0 Å². The molecule has 0 aromatic heterocycles. The second kappa shape index (κ2) is 7.50. The third kappa shape index (κ3) is 3.85. The van der Waals surface area contributed by atoms with Crippen molar-refractivity contribution in [3.63, 3.8) is 0 Å². The van der Waals surface area contributed by atoms with Gasteiger partial charge in [-0.25, -0.2) is 4.79 Å². The molecule has 0 atom stereocenters. The van der Waals surface area contributed by atoms with Crippen molar-refractivity contribution in [3.05, 3.63) is 68.3 Å². The summed E-state index contributed by atoms with van der Waals surface area (Å²) in [4.78, 5) is 37.0. The summed E-state index contributed by atoms with van der Waals surface area (Å²) in [5, 5.41) is 0. The lowest BCUT2D eigenvalue weighted by atomic mass is 9.92. The van der Waals surface area contributed by atoms with Crippen LogP contribution >= 0.6 is 22.6 Å². The number of carbonyl (C=O) groups excluding carboxylic acids is 3. The molecule has 0 unspecified atom stereocenters. The quantitative estimate of drug-likeness (QED) is 0.417. The number of halogens is 1. The van der Waals surface area contributed by atoms with Gasteiger partial charge in [0, 0.05) is 20.3 Å². The molecule has 0 aliphatic rings. The lowest BCUT2D eigenvalue weighted by Crippen LogP contribution is -2.16. The summed E-state index contributed by atoms with van der Waals surface area (Å²) in [5.74, 6) is -1.23. The first kappa shape index (κ1) is 17.3. The summed E-state index contributed by atoms with van der Waals surface area (Å²) in [7, 11) is 0. The maximum Gasteiger partial charge on any atom is 0.338 e. The van der Waals surface area contributed by atoms with Crippen LogP contribution < -0.4 is 0 Å². The minimum Gasteiger partial charge on any atom is -0.462 e. The SMILES string of the molecule is CCOC(=O)c1cc(I)cc(C(=O)c2ccccc2)c1C(C)=O. The van der Waals surface area contributed by atoms with Crippen LogP contribution in [0, 0.1) is 3.57 Å². The van der Waals surface area contributed by atoms with E-state index in [0.717, 1.165) is 0 Å². The van der Waals surface area contributed by atoms with Crippen molar-refractivity contribution in [3.8, 4) is 0 Å². The predicted octanol–water partition coefficient (Wildman–Crippen LogP) is 3.90. The van der Waals surface area contributed by atoms with E-state index in [2.05, 4.69) is 0 Å². The zero-order valence-electron chi connectivity index (χ0n) is 12.8. The summed E-state index contributed by atoms with van der Waals surface area (Å²) >= 11 is 2.01. The Balaban J connectivity index is 2.66. The minimum atomic E-state index is -0.599. The fourth-order valence-corrected chi connectivity index (χ4v) is 2.90. The first-order valence-electron chi connectivity index (χ1n) is 7.07. The van der Waals surface area contributed by atoms with E-state index >= 15 is 0 Å². The van der Waals surface area contributed by atoms with Crippen LogP contribution in [-0.4, -0.2) is 24.1 Å². The Morgan fingerprint density at radius 2 is 1.65 bits per heavy atom. The number of benzene rings is 2. The second-order valence-electron chi connectivity index (χ2n) is 4.85. The smallest absolute Gasteiger partial charge is 0.338 e. The van der Waals surface area contributed by atoms with Crippen molar-refractivity contribution in [1.29, 1.82) is 0 Å². The van der Waals surface area contributed by atoms with Crippen LogP contribution in [0.5, 0.6) is 0 Å². The van der Waals surface area contributed by atoms with Gasteiger partial charge in [0.2, 0.25) is 0 Å². The molecular weight excluding hydrogens is 407 g/mol. The van der Waals surface area contributed by atoms with Crippen molar-refractivity contribution in [2.24, 2.45) is 0 Å². The number of hydrogen-bond acceptors (Lipinski definition) is 4. The molecule has 0 aliphatic heterocycles. The lowest BCUT2D eigenvalue weighted by molar-refractivity contribution is 0.0523. The highest BCUT2D eigenvalue weighted by Gasteiger charge is 2.24. The molecular formula is C18H15IO4. The van der Waals surface area contributed by atoms with Crippen LogP contribution in [0.15, 0.2) is 42.5 Å². The Morgan fingerprint density at radius 3 is 2.22 bits per heavy atom. The van der Waals surface area contributed by atoms with Crippen molar-refractivity contribution in [2.45, 2.75) is 13.8 Å². The summed E-state index contributed by atoms with van der Waals surface area (Å²) in [5.41, 5.74) is 0.925. The van der Waals surface area contributed by atoms with Gasteiger partial charge in [-0.3, -0.25) is 9.59 Å². The average Bonchev–Trinajstić information content (AvgIpc) is 2.54. The van der Waals surface area contributed by atoms with Gasteiger partial charge in [0.05, 0.1) is 12.2 Å². The third-order valence-corrected chi connectivity index (χ3v) is 3.85. The molecule has 0 fully saturated rings. The largest absolute Gasteiger partial charge is 0.462 e. The monoisotopic (exact) mass is 422 g/mol. The van der Waals surface area contributed by atoms with Gasteiger partial charge in [-0.1, -0.05) is 30.3 Å². The van der Waals surface area contributed by atoms with Crippen molar-refractivity contribution in [2.75, 3.05) is 6.61 Å². The first-order valence-corrected chi connectivity index (χ1v) is 8.15. The van der Waals surface area contributed by atoms with E-state index in [9.17, 15) is 14.4 Å². The van der Waals surface area contributed by atoms with E-state index in [1.54, 1.807) is 43.3 Å². The van der Waals surface area contributed by atoms with Gasteiger partial charge in [-0.15, -0.1) is 0 Å². The van der Waals surface area contributed by atoms with E-state index in [0.29, 0.717) is 9.13 Å². The maximum atomic E-state index is 12.7. The third-order valence-electron chi connectivity index (χ3n) is 3.23. The van der Waals surface area contributed by atoms with Crippen LogP contribution in [0.4, 0.5) is 0 Å². The number of ketones is 2. The van der Waals surface area contributed by atoms with Crippen molar-refractivity contribution < 1.29 is 19.1 Å². The maximum absolute atomic E-state index is 12.7. The number of Topliss-reactive ketones (excluding diaryl/α,β-unsaturated/α-hetero) is 1. The van der Waals surface area contributed by atoms with Crippen molar-refractivity contribution in [1.82, 2.24) is 0 Å². The van der Waals surface area contributed by atoms with Gasteiger partial charge < -0.3 is 4.74 Å². The molecule has 0 saturated carbocycles. The van der Waals surface area contributed by atoms with Gasteiger partial charge in [0.1, 0.15) is 0 Å². The van der Waals surface area contributed by atoms with E-state index in [4.69, 9.17) is 4.74 Å². The van der Waals surface area contributed by atoms with Crippen molar-refractivity contribution >= 4 is 40.1 Å². The van der Waals surface area contributed by atoms with Crippen LogP contribution in [0.3, 0.4) is 0 Å². The van der Waals surface area contributed by atoms with Crippen LogP contribution in [0.1, 0.15) is 50.5 Å². The highest BCUT2D eigenvalue weighted by Crippen LogP contribution is 2.24. The first-order chi connectivity index (χ1) is 11.0. The second-order valence-corrected chi connectivity index (χ2v) is 6.09. The highest BCUT2D eigenvalue weighted by molar-refractivity contribution is 14.1. The minimum absolute atomic E-state index is 0.109. The van der Waals surface area contributed by atoms with E-state index in [-0.39, 0.29) is 34.9 Å². The molecule has 0 amide bonds. The summed E-state index contributed by atoms with van der Waals surface area (Å²) < 4.78 is 5.70. The Hall–Kier alpha value is -2.02. The molecule has 0 N–H and O–H groups in total. The average molecular weight is 422 g/mol. The molecule has 2 rings (SSSR count). The highest BCUT2D eigenvalue weighted by atomic mass is 127. The Morgan fingerprint density at radius 1 is 1.04 bits per heavy atom. The lowest BCUT2D eigenvalue weighted by Gasteiger charge is -2.12. The van der Waals surface area contributed by atoms with Crippen LogP contribution in [0.2, 0.25) is 0 Å². The molecule has 0 spiro atoms. The molecule has 0 radical (unpaired) electrons. The number of rotatable bonds is 5. The Bertz CT molecular complexity index is 766. The molecule has 118 valence electrons. The number of carbonyl (C=O) groups is 3. The number of ether oxygens (including phenoxy) is 1. The Kier molecular flexibility index (Phi) is 5.65. The molecule has 5 heteroatoms. The molecule has 2 aromatic rings. The standard InChI is InChI=1S/C18H15IO4/c1-3-23-18(22)15-10-13(19)9-14(16(15)11(2)20)17(21)12-7-5-4-6-8-12/h4-10H,3H2,1-2H3. The number of hydrogen-bond donors (Lipinski definition) is 0. The van der Waals surface area contributed by atoms with E-state index in [1.807, 2.05) is 28.7 Å². The molecule has 4 nitrogen and oxygen atoms in total. The van der Waals surface area contributed by atoms with E-state index in [1.165, 1.54) is 6.92 Å². The molecule has 23 heavy (non-hydrogen) atoms. The normalized spacial score (nSPS) is 10.2.